The largest absolute Gasteiger partial charge is 0.456 e. The number of thiophene rings is 1. The zero-order valence-electron chi connectivity index (χ0n) is 36.4. The van der Waals surface area contributed by atoms with E-state index < -0.39 is 0 Å². The van der Waals surface area contributed by atoms with E-state index in [-0.39, 0.29) is 0 Å². The highest BCUT2D eigenvalue weighted by molar-refractivity contribution is 7.22. The molecule has 68 heavy (non-hydrogen) atoms. The van der Waals surface area contributed by atoms with Gasteiger partial charge in [0.15, 0.2) is 0 Å². The van der Waals surface area contributed by atoms with Gasteiger partial charge in [0.2, 0.25) is 5.95 Å². The first kappa shape index (κ1) is 37.4. The van der Waals surface area contributed by atoms with Gasteiger partial charge in [0.25, 0.3) is 0 Å². The number of fused-ring (bicyclic) bond motifs is 13. The first-order valence-corrected chi connectivity index (χ1v) is 23.8. The molecule has 15 aromatic rings. The Morgan fingerprint density at radius 2 is 1.09 bits per heavy atom. The van der Waals surface area contributed by atoms with E-state index in [1.54, 1.807) is 11.3 Å². The summed E-state index contributed by atoms with van der Waals surface area (Å²) in [6.45, 7) is 0. The first-order chi connectivity index (χ1) is 33.7. The molecule has 0 radical (unpaired) electrons. The lowest BCUT2D eigenvalue weighted by atomic mass is 9.98. The van der Waals surface area contributed by atoms with Crippen molar-refractivity contribution in [1.82, 2.24) is 19.1 Å². The summed E-state index contributed by atoms with van der Waals surface area (Å²) in [5.74, 6) is 0.646. The molecule has 0 spiro atoms. The molecule has 5 heterocycles. The van der Waals surface area contributed by atoms with Crippen LogP contribution in [0.5, 0.6) is 0 Å². The number of hydrogen-bond acceptors (Lipinski definition) is 4. The van der Waals surface area contributed by atoms with Crippen LogP contribution >= 0.6 is 11.3 Å². The van der Waals surface area contributed by atoms with Crippen LogP contribution in [0.15, 0.2) is 223 Å². The van der Waals surface area contributed by atoms with Gasteiger partial charge in [-0.2, -0.15) is 0 Å². The molecular formula is C62H36N4OS. The van der Waals surface area contributed by atoms with Crippen molar-refractivity contribution in [3.63, 3.8) is 0 Å². The van der Waals surface area contributed by atoms with Gasteiger partial charge in [-0.3, -0.25) is 4.57 Å². The fourth-order valence-corrected chi connectivity index (χ4v) is 11.9. The predicted octanol–water partition coefficient (Wildman–Crippen LogP) is 17.1. The number of hydrogen-bond donors (Lipinski definition) is 0. The molecule has 316 valence electrons. The molecule has 0 fully saturated rings. The van der Waals surface area contributed by atoms with Gasteiger partial charge in [-0.1, -0.05) is 158 Å². The summed E-state index contributed by atoms with van der Waals surface area (Å²) in [4.78, 5) is 12.1. The van der Waals surface area contributed by atoms with Gasteiger partial charge in [0.1, 0.15) is 11.2 Å². The minimum atomic E-state index is 0.646. The van der Waals surface area contributed by atoms with E-state index >= 15 is 0 Å². The van der Waals surface area contributed by atoms with Crippen LogP contribution in [-0.2, 0) is 0 Å². The van der Waals surface area contributed by atoms with Crippen molar-refractivity contribution in [3.8, 4) is 44.5 Å². The molecule has 5 nitrogen and oxygen atoms in total. The van der Waals surface area contributed by atoms with Crippen LogP contribution in [0, 0.1) is 0 Å². The van der Waals surface area contributed by atoms with Crippen LogP contribution < -0.4 is 0 Å². The van der Waals surface area contributed by atoms with Crippen LogP contribution in [0.2, 0.25) is 0 Å². The zero-order chi connectivity index (χ0) is 44.5. The lowest BCUT2D eigenvalue weighted by Gasteiger charge is -2.13. The van der Waals surface area contributed by atoms with E-state index in [1.165, 1.54) is 42.8 Å². The number of benzene rings is 10. The molecule has 10 aromatic carbocycles. The van der Waals surface area contributed by atoms with Crippen molar-refractivity contribution in [2.24, 2.45) is 0 Å². The van der Waals surface area contributed by atoms with Gasteiger partial charge in [-0.25, -0.2) is 9.97 Å². The molecule has 5 aromatic heterocycles. The Kier molecular flexibility index (Phi) is 7.88. The standard InChI is InChI=1S/C62H36N4OS/c1-3-15-38(16-4-1)57-36-51-61(68-57)59(39-17-5-2-6-18-39)64-62(63-51)66-52-29-27-42(33-48(52)49-32-40-19-7-8-20-41(40)34-54(49)66)45-23-13-24-47-58-44-21-10-9-14-37(44)26-30-53(58)65(60(45)47)43-28-31-56-50(35-43)46-22-11-12-25-55(46)67-56/h1-36H. The molecule has 0 atom stereocenters. The van der Waals surface area contributed by atoms with E-state index in [2.05, 4.69) is 215 Å². The molecule has 15 rings (SSSR count). The van der Waals surface area contributed by atoms with Crippen molar-refractivity contribution < 1.29 is 4.42 Å². The minimum Gasteiger partial charge on any atom is -0.456 e. The summed E-state index contributed by atoms with van der Waals surface area (Å²) in [5.41, 5.74) is 13.7. The summed E-state index contributed by atoms with van der Waals surface area (Å²) in [6, 6.07) is 78.6. The van der Waals surface area contributed by atoms with Gasteiger partial charge in [0, 0.05) is 54.0 Å². The van der Waals surface area contributed by atoms with Gasteiger partial charge in [-0.05, 0) is 93.3 Å². The normalized spacial score (nSPS) is 12.1. The highest BCUT2D eigenvalue weighted by Crippen LogP contribution is 2.45. The van der Waals surface area contributed by atoms with E-state index in [4.69, 9.17) is 14.4 Å². The third-order valence-electron chi connectivity index (χ3n) is 13.9. The molecule has 0 aliphatic heterocycles. The SMILES string of the molecule is c1ccc(-c2cc3nc(-n4c5ccc(-c6cccc7c8c9ccccc9ccc8n(-c8ccc9oc%10ccccc%10c9c8)c67)cc5c5cc6ccccc6cc54)nc(-c4ccccc4)c3s2)cc1. The number of aromatic nitrogens is 4. The molecule has 0 aliphatic rings. The van der Waals surface area contributed by atoms with Gasteiger partial charge < -0.3 is 8.98 Å². The molecular weight excluding hydrogens is 849 g/mol. The number of para-hydroxylation sites is 2. The second kappa shape index (κ2) is 14.3. The van der Waals surface area contributed by atoms with E-state index in [1.807, 2.05) is 12.1 Å². The van der Waals surface area contributed by atoms with Crippen LogP contribution in [0.3, 0.4) is 0 Å². The highest BCUT2D eigenvalue weighted by Gasteiger charge is 2.23. The van der Waals surface area contributed by atoms with Crippen molar-refractivity contribution in [1.29, 1.82) is 0 Å². The van der Waals surface area contributed by atoms with Crippen molar-refractivity contribution in [2.45, 2.75) is 0 Å². The monoisotopic (exact) mass is 884 g/mol. The Hall–Kier alpha value is -8.84. The third-order valence-corrected chi connectivity index (χ3v) is 15.1. The number of furan rings is 1. The fraction of sp³-hybridized carbons (Fsp3) is 0. The molecule has 0 saturated heterocycles. The Labute approximate surface area is 393 Å². The summed E-state index contributed by atoms with van der Waals surface area (Å²) in [5, 5.41) is 11.8. The summed E-state index contributed by atoms with van der Waals surface area (Å²) in [7, 11) is 0. The predicted molar refractivity (Wildman–Crippen MR) is 285 cm³/mol. The van der Waals surface area contributed by atoms with Gasteiger partial charge >= 0.3 is 0 Å². The molecule has 6 heteroatoms. The smallest absolute Gasteiger partial charge is 0.235 e. The van der Waals surface area contributed by atoms with Crippen molar-refractivity contribution in [3.05, 3.63) is 218 Å². The lowest BCUT2D eigenvalue weighted by molar-refractivity contribution is 0.669. The fourth-order valence-electron chi connectivity index (χ4n) is 10.8. The highest BCUT2D eigenvalue weighted by atomic mass is 32.1. The summed E-state index contributed by atoms with van der Waals surface area (Å²) < 4.78 is 12.2. The molecule has 0 amide bonds. The van der Waals surface area contributed by atoms with Gasteiger partial charge in [0.05, 0.1) is 38.0 Å². The first-order valence-electron chi connectivity index (χ1n) is 23.0. The Balaban J connectivity index is 1.01. The molecule has 0 aliphatic carbocycles. The molecule has 0 unspecified atom stereocenters. The number of nitrogens with zero attached hydrogens (tertiary/aromatic N) is 4. The van der Waals surface area contributed by atoms with Crippen molar-refractivity contribution in [2.75, 3.05) is 0 Å². The molecule has 0 bridgehead atoms. The van der Waals surface area contributed by atoms with Crippen LogP contribution in [0.1, 0.15) is 0 Å². The maximum atomic E-state index is 6.34. The average molecular weight is 885 g/mol. The maximum Gasteiger partial charge on any atom is 0.235 e. The third kappa shape index (κ3) is 5.49. The van der Waals surface area contributed by atoms with Gasteiger partial charge in [-0.15, -0.1) is 11.3 Å². The molecule has 0 saturated carbocycles. The van der Waals surface area contributed by atoms with E-state index in [9.17, 15) is 0 Å². The maximum absolute atomic E-state index is 6.34. The Bertz CT molecular complexity index is 4560. The minimum absolute atomic E-state index is 0.646. The van der Waals surface area contributed by atoms with Crippen molar-refractivity contribution >= 4 is 109 Å². The summed E-state index contributed by atoms with van der Waals surface area (Å²) in [6.07, 6.45) is 0. The Morgan fingerprint density at radius 3 is 1.94 bits per heavy atom. The summed E-state index contributed by atoms with van der Waals surface area (Å²) >= 11 is 1.75. The van der Waals surface area contributed by atoms with Crippen LogP contribution in [-0.4, -0.2) is 19.1 Å². The van der Waals surface area contributed by atoms with Crippen LogP contribution in [0.4, 0.5) is 0 Å². The van der Waals surface area contributed by atoms with E-state index in [0.717, 1.165) is 93.1 Å². The number of rotatable bonds is 5. The van der Waals surface area contributed by atoms with E-state index in [0.29, 0.717) is 5.95 Å². The Morgan fingerprint density at radius 1 is 0.397 bits per heavy atom. The average Bonchev–Trinajstić information content (AvgIpc) is 4.17. The second-order valence-corrected chi connectivity index (χ2v) is 18.8. The quantitative estimate of drug-likeness (QED) is 0.173. The topological polar surface area (TPSA) is 48.8 Å². The lowest BCUT2D eigenvalue weighted by Crippen LogP contribution is -2.02. The zero-order valence-corrected chi connectivity index (χ0v) is 37.2. The van der Waals surface area contributed by atoms with Crippen LogP contribution in [0.25, 0.3) is 142 Å². The molecule has 0 N–H and O–H groups in total. The second-order valence-electron chi connectivity index (χ2n) is 17.7.